The second-order valence-electron chi connectivity index (χ2n) is 9.06. The van der Waals surface area contributed by atoms with Gasteiger partial charge in [0.1, 0.15) is 0 Å². The molecule has 206 valence electrons. The fraction of sp³-hybridized carbons (Fsp3) is 0.917. The Hall–Kier alpha value is -1.72. The van der Waals surface area contributed by atoms with Crippen LogP contribution in [0.5, 0.6) is 0 Å². The lowest BCUT2D eigenvalue weighted by Crippen LogP contribution is -2.41. The zero-order valence-corrected chi connectivity index (χ0v) is 22.5. The highest BCUT2D eigenvalue weighted by Crippen LogP contribution is 2.37. The SMILES string of the molecule is CCCCCCN1C(=O)N[C@H]2CS[C@@H](CCCCC(=O)NCCOCCOCCOCCN=[N+]=[N-])[C@H]21. The Bertz CT molecular complexity index is 681. The summed E-state index contributed by atoms with van der Waals surface area (Å²) < 4.78 is 16.1. The molecule has 2 N–H and O–H groups in total. The summed E-state index contributed by atoms with van der Waals surface area (Å²) in [6, 6.07) is 0.680. The third-order valence-electron chi connectivity index (χ3n) is 6.32. The first-order chi connectivity index (χ1) is 17.7. The number of hydrogen-bond acceptors (Lipinski definition) is 7. The number of carbonyl (C=O) groups excluding carboxylic acids is 2. The third-order valence-corrected chi connectivity index (χ3v) is 7.81. The summed E-state index contributed by atoms with van der Waals surface area (Å²) >= 11 is 1.97. The van der Waals surface area contributed by atoms with Crippen LogP contribution in [0.1, 0.15) is 58.3 Å². The largest absolute Gasteiger partial charge is 0.379 e. The van der Waals surface area contributed by atoms with E-state index in [1.807, 2.05) is 11.8 Å². The lowest BCUT2D eigenvalue weighted by atomic mass is 10.0. The first kappa shape index (κ1) is 30.5. The molecule has 3 amide bonds. The summed E-state index contributed by atoms with van der Waals surface area (Å²) in [4.78, 5) is 29.2. The molecule has 36 heavy (non-hydrogen) atoms. The molecule has 2 saturated heterocycles. The molecular weight excluding hydrogens is 484 g/mol. The van der Waals surface area contributed by atoms with Gasteiger partial charge in [-0.25, -0.2) is 4.79 Å². The molecular formula is C24H44N6O5S. The Kier molecular flexibility index (Phi) is 16.4. The Morgan fingerprint density at radius 1 is 1.11 bits per heavy atom. The highest BCUT2D eigenvalue weighted by Gasteiger charge is 2.47. The molecule has 0 aliphatic carbocycles. The van der Waals surface area contributed by atoms with Crippen molar-refractivity contribution in [3.8, 4) is 0 Å². The van der Waals surface area contributed by atoms with Gasteiger partial charge in [0.05, 0.1) is 51.7 Å². The minimum Gasteiger partial charge on any atom is -0.379 e. The van der Waals surface area contributed by atoms with Crippen molar-refractivity contribution in [2.45, 2.75) is 75.6 Å². The molecule has 0 bridgehead atoms. The molecule has 0 unspecified atom stereocenters. The zero-order chi connectivity index (χ0) is 25.8. The summed E-state index contributed by atoms with van der Waals surface area (Å²) in [6.07, 6.45) is 8.10. The lowest BCUT2D eigenvalue weighted by Gasteiger charge is -2.27. The number of thioether (sulfide) groups is 1. The highest BCUT2D eigenvalue weighted by atomic mass is 32.2. The molecule has 2 fully saturated rings. The number of amides is 3. The van der Waals surface area contributed by atoms with E-state index in [9.17, 15) is 9.59 Å². The number of carbonyl (C=O) groups is 2. The van der Waals surface area contributed by atoms with E-state index in [1.54, 1.807) is 0 Å². The van der Waals surface area contributed by atoms with E-state index in [0.29, 0.717) is 70.4 Å². The number of unbranched alkanes of at least 4 members (excludes halogenated alkanes) is 4. The van der Waals surface area contributed by atoms with Crippen molar-refractivity contribution in [3.05, 3.63) is 10.4 Å². The minimum absolute atomic E-state index is 0.0555. The standard InChI is InChI=1S/C24H44N6O5S/c1-2-3-4-7-12-30-23-20(28-24(30)32)19-36-21(23)8-5-6-9-22(31)26-10-13-33-15-17-35-18-16-34-14-11-27-29-25/h20-21,23H,2-19H2,1H3,(H,26,31)(H,28,32)/t20-,21-,23-/m0/s1. The van der Waals surface area contributed by atoms with Crippen LogP contribution in [-0.2, 0) is 19.0 Å². The van der Waals surface area contributed by atoms with Crippen LogP contribution in [0.15, 0.2) is 5.11 Å². The van der Waals surface area contributed by atoms with Crippen molar-refractivity contribution in [2.24, 2.45) is 5.11 Å². The van der Waals surface area contributed by atoms with Gasteiger partial charge in [-0.15, -0.1) is 0 Å². The van der Waals surface area contributed by atoms with E-state index in [4.69, 9.17) is 19.7 Å². The molecule has 2 aliphatic heterocycles. The van der Waals surface area contributed by atoms with Gasteiger partial charge in [-0.2, -0.15) is 11.8 Å². The number of ether oxygens (including phenoxy) is 3. The van der Waals surface area contributed by atoms with E-state index in [0.717, 1.165) is 38.0 Å². The summed E-state index contributed by atoms with van der Waals surface area (Å²) in [5.41, 5.74) is 8.14. The van der Waals surface area contributed by atoms with E-state index in [1.165, 1.54) is 19.3 Å². The number of hydrogen-bond donors (Lipinski definition) is 2. The Labute approximate surface area is 219 Å². The molecule has 11 nitrogen and oxygen atoms in total. The van der Waals surface area contributed by atoms with Gasteiger partial charge in [0.25, 0.3) is 0 Å². The van der Waals surface area contributed by atoms with Crippen LogP contribution in [0.2, 0.25) is 0 Å². The summed E-state index contributed by atoms with van der Waals surface area (Å²) in [7, 11) is 0. The van der Waals surface area contributed by atoms with Crippen molar-refractivity contribution in [1.82, 2.24) is 15.5 Å². The van der Waals surface area contributed by atoms with Crippen molar-refractivity contribution < 1.29 is 23.8 Å². The molecule has 12 heteroatoms. The van der Waals surface area contributed by atoms with Crippen LogP contribution in [0, 0.1) is 0 Å². The van der Waals surface area contributed by atoms with Gasteiger partial charge < -0.3 is 29.7 Å². The maximum Gasteiger partial charge on any atom is 0.318 e. The van der Waals surface area contributed by atoms with Crippen LogP contribution in [0.4, 0.5) is 4.79 Å². The topological polar surface area (TPSA) is 138 Å². The average molecular weight is 529 g/mol. The highest BCUT2D eigenvalue weighted by molar-refractivity contribution is 8.00. The van der Waals surface area contributed by atoms with Crippen LogP contribution in [0.3, 0.4) is 0 Å². The number of fused-ring (bicyclic) bond motifs is 1. The molecule has 0 saturated carbocycles. The quantitative estimate of drug-likeness (QED) is 0.0725. The van der Waals surface area contributed by atoms with Crippen LogP contribution in [0.25, 0.3) is 10.4 Å². The number of nitrogens with zero attached hydrogens (tertiary/aromatic N) is 4. The van der Waals surface area contributed by atoms with Crippen LogP contribution in [-0.4, -0.2) is 99.2 Å². The van der Waals surface area contributed by atoms with Gasteiger partial charge in [-0.3, -0.25) is 4.79 Å². The van der Waals surface area contributed by atoms with E-state index in [2.05, 4.69) is 32.5 Å². The van der Waals surface area contributed by atoms with Crippen molar-refractivity contribution in [2.75, 3.05) is 65.0 Å². The zero-order valence-electron chi connectivity index (χ0n) is 21.7. The molecule has 0 radical (unpaired) electrons. The lowest BCUT2D eigenvalue weighted by molar-refractivity contribution is -0.121. The van der Waals surface area contributed by atoms with Crippen LogP contribution >= 0.6 is 11.8 Å². The van der Waals surface area contributed by atoms with Crippen molar-refractivity contribution in [1.29, 1.82) is 0 Å². The Morgan fingerprint density at radius 3 is 2.61 bits per heavy atom. The Balaban J connectivity index is 1.44. The predicted octanol–water partition coefficient (Wildman–Crippen LogP) is 3.48. The summed E-state index contributed by atoms with van der Waals surface area (Å²) in [6.45, 7) is 6.55. The van der Waals surface area contributed by atoms with Crippen molar-refractivity contribution in [3.63, 3.8) is 0 Å². The molecule has 0 aromatic carbocycles. The molecule has 0 aromatic heterocycles. The number of rotatable bonds is 22. The average Bonchev–Trinajstić information content (AvgIpc) is 3.40. The second kappa shape index (κ2) is 19.4. The summed E-state index contributed by atoms with van der Waals surface area (Å²) in [5, 5.41) is 9.91. The monoisotopic (exact) mass is 528 g/mol. The van der Waals surface area contributed by atoms with Crippen molar-refractivity contribution >= 4 is 23.7 Å². The molecule has 0 spiro atoms. The second-order valence-corrected chi connectivity index (χ2v) is 10.3. The van der Waals surface area contributed by atoms with E-state index in [-0.39, 0.29) is 18.0 Å². The summed E-state index contributed by atoms with van der Waals surface area (Å²) in [5.74, 6) is 1.05. The molecule has 2 rings (SSSR count). The molecule has 2 heterocycles. The maximum absolute atomic E-state index is 12.4. The fourth-order valence-corrected chi connectivity index (χ4v) is 6.10. The number of nitrogens with one attached hydrogen (secondary N) is 2. The molecule has 0 aromatic rings. The number of urea groups is 1. The predicted molar refractivity (Wildman–Crippen MR) is 141 cm³/mol. The fourth-order valence-electron chi connectivity index (χ4n) is 4.49. The normalized spacial score (nSPS) is 20.8. The van der Waals surface area contributed by atoms with Gasteiger partial charge in [0.2, 0.25) is 5.91 Å². The van der Waals surface area contributed by atoms with E-state index >= 15 is 0 Å². The Morgan fingerprint density at radius 2 is 1.86 bits per heavy atom. The molecule has 3 atom stereocenters. The minimum atomic E-state index is 0.0555. The van der Waals surface area contributed by atoms with Gasteiger partial charge in [-0.05, 0) is 24.8 Å². The van der Waals surface area contributed by atoms with E-state index < -0.39 is 0 Å². The van der Waals surface area contributed by atoms with Gasteiger partial charge in [0.15, 0.2) is 0 Å². The third kappa shape index (κ3) is 12.0. The smallest absolute Gasteiger partial charge is 0.318 e. The van der Waals surface area contributed by atoms with Crippen LogP contribution < -0.4 is 10.6 Å². The van der Waals surface area contributed by atoms with Gasteiger partial charge in [-0.1, -0.05) is 37.7 Å². The first-order valence-electron chi connectivity index (χ1n) is 13.4. The molecule has 2 aliphatic rings. The maximum atomic E-state index is 12.4. The number of azide groups is 1. The van der Waals surface area contributed by atoms with Gasteiger partial charge >= 0.3 is 6.03 Å². The van der Waals surface area contributed by atoms with Gasteiger partial charge in [0, 0.05) is 42.0 Å². The first-order valence-corrected chi connectivity index (χ1v) is 14.4.